The van der Waals surface area contributed by atoms with Crippen molar-refractivity contribution in [1.29, 1.82) is 0 Å². The number of aryl methyl sites for hydroxylation is 1. The summed E-state index contributed by atoms with van der Waals surface area (Å²) in [6.07, 6.45) is -2.89. The molecule has 0 atom stereocenters. The first kappa shape index (κ1) is 17.5. The Balaban J connectivity index is 1.97. The van der Waals surface area contributed by atoms with Crippen molar-refractivity contribution in [3.63, 3.8) is 0 Å². The molecule has 136 valence electrons. The third kappa shape index (κ3) is 3.25. The Morgan fingerprint density at radius 3 is 2.65 bits per heavy atom. The van der Waals surface area contributed by atoms with E-state index in [2.05, 4.69) is 10.4 Å². The lowest BCUT2D eigenvalue weighted by Gasteiger charge is -2.14. The SMILES string of the molecule is Cn1nnn(-c2cccc(F)c2COc2ccc(O)cc2C(F)F)c1=O. The fourth-order valence-corrected chi connectivity index (χ4v) is 2.34. The fraction of sp³-hybridized carbons (Fsp3) is 0.188. The molecule has 0 saturated heterocycles. The van der Waals surface area contributed by atoms with E-state index in [1.807, 2.05) is 0 Å². The zero-order chi connectivity index (χ0) is 18.8. The molecule has 0 bridgehead atoms. The Morgan fingerprint density at radius 1 is 1.23 bits per heavy atom. The summed E-state index contributed by atoms with van der Waals surface area (Å²) in [5.74, 6) is -1.25. The van der Waals surface area contributed by atoms with Gasteiger partial charge in [-0.25, -0.2) is 18.0 Å². The molecule has 3 rings (SSSR count). The van der Waals surface area contributed by atoms with E-state index >= 15 is 0 Å². The van der Waals surface area contributed by atoms with E-state index in [9.17, 15) is 23.1 Å². The molecule has 0 saturated carbocycles. The molecule has 1 heterocycles. The number of benzene rings is 2. The number of rotatable bonds is 5. The van der Waals surface area contributed by atoms with Gasteiger partial charge in [-0.15, -0.1) is 0 Å². The Bertz CT molecular complexity index is 1000. The summed E-state index contributed by atoms with van der Waals surface area (Å²) in [5, 5.41) is 16.5. The average Bonchev–Trinajstić information content (AvgIpc) is 2.93. The molecular formula is C16H13F3N4O3. The number of hydrogen-bond acceptors (Lipinski definition) is 5. The van der Waals surface area contributed by atoms with Gasteiger partial charge in [-0.2, -0.15) is 9.36 Å². The van der Waals surface area contributed by atoms with Crippen LogP contribution in [0.3, 0.4) is 0 Å². The second-order valence-electron chi connectivity index (χ2n) is 5.35. The van der Waals surface area contributed by atoms with Crippen molar-refractivity contribution in [2.24, 2.45) is 7.05 Å². The minimum absolute atomic E-state index is 0.0524. The van der Waals surface area contributed by atoms with Crippen LogP contribution < -0.4 is 10.4 Å². The summed E-state index contributed by atoms with van der Waals surface area (Å²) in [7, 11) is 1.38. The van der Waals surface area contributed by atoms with Crippen molar-refractivity contribution in [1.82, 2.24) is 19.8 Å². The quantitative estimate of drug-likeness (QED) is 0.749. The summed E-state index contributed by atoms with van der Waals surface area (Å²) in [6, 6.07) is 7.16. The molecule has 0 aliphatic rings. The Morgan fingerprint density at radius 2 is 2.00 bits per heavy atom. The van der Waals surface area contributed by atoms with Crippen LogP contribution in [0.25, 0.3) is 5.69 Å². The third-order valence-corrected chi connectivity index (χ3v) is 3.64. The number of hydrogen-bond donors (Lipinski definition) is 1. The maximum Gasteiger partial charge on any atom is 0.368 e. The first-order valence-electron chi connectivity index (χ1n) is 7.39. The lowest BCUT2D eigenvalue weighted by atomic mass is 10.1. The minimum Gasteiger partial charge on any atom is -0.508 e. The van der Waals surface area contributed by atoms with Crippen LogP contribution in [0, 0.1) is 5.82 Å². The summed E-state index contributed by atoms with van der Waals surface area (Å²) < 4.78 is 47.6. The number of halogens is 3. The highest BCUT2D eigenvalue weighted by Crippen LogP contribution is 2.33. The normalized spacial score (nSPS) is 11.1. The number of nitrogens with zero attached hydrogens (tertiary/aromatic N) is 4. The van der Waals surface area contributed by atoms with Crippen molar-refractivity contribution >= 4 is 0 Å². The number of phenols is 1. The molecule has 1 aromatic heterocycles. The van der Waals surface area contributed by atoms with Gasteiger partial charge in [0.15, 0.2) is 0 Å². The van der Waals surface area contributed by atoms with E-state index in [4.69, 9.17) is 4.74 Å². The van der Waals surface area contributed by atoms with Crippen LogP contribution in [0.1, 0.15) is 17.6 Å². The van der Waals surface area contributed by atoms with Crippen LogP contribution in [-0.2, 0) is 13.7 Å². The molecule has 2 aromatic carbocycles. The molecule has 10 heteroatoms. The van der Waals surface area contributed by atoms with Crippen molar-refractivity contribution in [2.45, 2.75) is 13.0 Å². The summed E-state index contributed by atoms with van der Waals surface area (Å²) in [5.41, 5.74) is -1.10. The second-order valence-corrected chi connectivity index (χ2v) is 5.35. The van der Waals surface area contributed by atoms with Gasteiger partial charge in [0, 0.05) is 7.05 Å². The van der Waals surface area contributed by atoms with Crippen LogP contribution in [0.15, 0.2) is 41.2 Å². The second kappa shape index (κ2) is 6.90. The van der Waals surface area contributed by atoms with E-state index in [1.54, 1.807) is 0 Å². The monoisotopic (exact) mass is 366 g/mol. The van der Waals surface area contributed by atoms with E-state index < -0.39 is 30.1 Å². The highest BCUT2D eigenvalue weighted by atomic mass is 19.3. The Hall–Kier alpha value is -3.30. The number of aromatic hydroxyl groups is 1. The van der Waals surface area contributed by atoms with Crippen LogP contribution in [0.2, 0.25) is 0 Å². The maximum atomic E-state index is 14.3. The van der Waals surface area contributed by atoms with Gasteiger partial charge in [0.2, 0.25) is 0 Å². The number of aromatic nitrogens is 4. The lowest BCUT2D eigenvalue weighted by Crippen LogP contribution is -2.23. The van der Waals surface area contributed by atoms with Gasteiger partial charge >= 0.3 is 5.69 Å². The van der Waals surface area contributed by atoms with Crippen molar-refractivity contribution in [3.8, 4) is 17.2 Å². The number of tetrazole rings is 1. The molecule has 0 fully saturated rings. The van der Waals surface area contributed by atoms with Crippen LogP contribution in [0.4, 0.5) is 13.2 Å². The predicted octanol–water partition coefficient (Wildman–Crippen LogP) is 2.33. The van der Waals surface area contributed by atoms with Gasteiger partial charge in [-0.3, -0.25) is 0 Å². The Labute approximate surface area is 144 Å². The zero-order valence-electron chi connectivity index (χ0n) is 13.4. The lowest BCUT2D eigenvalue weighted by molar-refractivity contribution is 0.144. The number of phenolic OH excluding ortho intramolecular Hbond substituents is 1. The standard InChI is InChI=1S/C16H13F3N4O3/c1-22-16(25)23(21-20-22)13-4-2-3-12(17)11(13)8-26-14-6-5-9(24)7-10(14)15(18)19/h2-7,15,24H,8H2,1H3. The summed E-state index contributed by atoms with van der Waals surface area (Å²) in [6.45, 7) is -0.435. The molecule has 0 aliphatic carbocycles. The van der Waals surface area contributed by atoms with E-state index in [1.165, 1.54) is 25.2 Å². The van der Waals surface area contributed by atoms with Gasteiger partial charge in [-0.1, -0.05) is 6.07 Å². The van der Waals surface area contributed by atoms with Gasteiger partial charge in [0.05, 0.1) is 16.8 Å². The van der Waals surface area contributed by atoms with Gasteiger partial charge < -0.3 is 9.84 Å². The van der Waals surface area contributed by atoms with Crippen LogP contribution in [-0.4, -0.2) is 24.9 Å². The van der Waals surface area contributed by atoms with Gasteiger partial charge in [-0.05, 0) is 40.8 Å². The number of alkyl halides is 2. The molecule has 0 amide bonds. The molecule has 7 nitrogen and oxygen atoms in total. The maximum absolute atomic E-state index is 14.3. The van der Waals surface area contributed by atoms with Crippen molar-refractivity contribution in [2.75, 3.05) is 0 Å². The first-order chi connectivity index (χ1) is 12.4. The van der Waals surface area contributed by atoms with Crippen molar-refractivity contribution < 1.29 is 23.0 Å². The molecule has 0 unspecified atom stereocenters. The van der Waals surface area contributed by atoms with Crippen LogP contribution in [0.5, 0.6) is 11.5 Å². The molecule has 26 heavy (non-hydrogen) atoms. The average molecular weight is 366 g/mol. The first-order valence-corrected chi connectivity index (χ1v) is 7.39. The largest absolute Gasteiger partial charge is 0.508 e. The van der Waals surface area contributed by atoms with E-state index in [0.717, 1.165) is 27.6 Å². The number of ether oxygens (including phenoxy) is 1. The van der Waals surface area contributed by atoms with Gasteiger partial charge in [0.1, 0.15) is 23.9 Å². The fourth-order valence-electron chi connectivity index (χ4n) is 2.34. The molecule has 3 aromatic rings. The smallest absolute Gasteiger partial charge is 0.368 e. The van der Waals surface area contributed by atoms with Gasteiger partial charge in [0.25, 0.3) is 6.43 Å². The highest BCUT2D eigenvalue weighted by molar-refractivity contribution is 5.43. The van der Waals surface area contributed by atoms with Crippen LogP contribution >= 0.6 is 0 Å². The van der Waals surface area contributed by atoms with E-state index in [0.29, 0.717) is 0 Å². The predicted molar refractivity (Wildman–Crippen MR) is 84.0 cm³/mol. The highest BCUT2D eigenvalue weighted by Gasteiger charge is 2.18. The molecule has 0 radical (unpaired) electrons. The Kier molecular flexibility index (Phi) is 4.65. The topological polar surface area (TPSA) is 82.2 Å². The summed E-state index contributed by atoms with van der Waals surface area (Å²) in [4.78, 5) is 12.0. The third-order valence-electron chi connectivity index (χ3n) is 3.64. The molecule has 1 N–H and O–H groups in total. The molecule has 0 aliphatic heterocycles. The zero-order valence-corrected chi connectivity index (χ0v) is 13.4. The van der Waals surface area contributed by atoms with Crippen molar-refractivity contribution in [3.05, 3.63) is 63.8 Å². The minimum atomic E-state index is -2.89. The molecular weight excluding hydrogens is 353 g/mol. The van der Waals surface area contributed by atoms with E-state index in [-0.39, 0.29) is 22.7 Å². The summed E-state index contributed by atoms with van der Waals surface area (Å²) >= 11 is 0. The molecule has 0 spiro atoms.